The summed E-state index contributed by atoms with van der Waals surface area (Å²) in [6.45, 7) is 4.80. The molecule has 2 heterocycles. The van der Waals surface area contributed by atoms with Gasteiger partial charge in [0.05, 0.1) is 15.4 Å². The van der Waals surface area contributed by atoms with Gasteiger partial charge < -0.3 is 5.32 Å². The fourth-order valence-corrected chi connectivity index (χ4v) is 2.77. The summed E-state index contributed by atoms with van der Waals surface area (Å²) >= 11 is 1.55. The first-order valence-electron chi connectivity index (χ1n) is 6.81. The van der Waals surface area contributed by atoms with Gasteiger partial charge in [-0.05, 0) is 31.5 Å². The van der Waals surface area contributed by atoms with Crippen molar-refractivity contribution in [3.8, 4) is 10.7 Å². The van der Waals surface area contributed by atoms with Crippen LogP contribution < -0.4 is 5.32 Å². The number of nitrogens with zero attached hydrogens (tertiary/aromatic N) is 3. The van der Waals surface area contributed by atoms with Crippen LogP contribution in [0.4, 0.5) is 10.2 Å². The summed E-state index contributed by atoms with van der Waals surface area (Å²) in [6.07, 6.45) is 2.74. The number of halogens is 1. The fraction of sp³-hybridized carbons (Fsp3) is 0.267. The molecule has 2 aromatic heterocycles. The maximum absolute atomic E-state index is 13.5. The van der Waals surface area contributed by atoms with E-state index in [2.05, 4.69) is 27.2 Å². The van der Waals surface area contributed by atoms with Crippen LogP contribution in [0, 0.1) is 12.7 Å². The Balaban J connectivity index is 2.16. The van der Waals surface area contributed by atoms with Gasteiger partial charge in [0.15, 0.2) is 5.82 Å². The highest BCUT2D eigenvalue weighted by Crippen LogP contribution is 2.28. The van der Waals surface area contributed by atoms with Crippen molar-refractivity contribution < 1.29 is 4.39 Å². The molecule has 0 saturated heterocycles. The third-order valence-electron chi connectivity index (χ3n) is 3.04. The van der Waals surface area contributed by atoms with Crippen LogP contribution in [0.1, 0.15) is 18.4 Å². The Labute approximate surface area is 126 Å². The zero-order chi connectivity index (χ0) is 14.8. The summed E-state index contributed by atoms with van der Waals surface area (Å²) in [7, 11) is 0. The molecule has 0 atom stereocenters. The largest absolute Gasteiger partial charge is 0.369 e. The number of fused-ring (bicyclic) bond motifs is 1. The molecule has 3 aromatic rings. The summed E-state index contributed by atoms with van der Waals surface area (Å²) in [5.41, 5.74) is 0.728. The molecule has 0 spiro atoms. The van der Waals surface area contributed by atoms with E-state index in [4.69, 9.17) is 0 Å². The summed E-state index contributed by atoms with van der Waals surface area (Å²) < 4.78 is 13.5. The average Bonchev–Trinajstić information content (AvgIpc) is 2.91. The topological polar surface area (TPSA) is 50.7 Å². The Hall–Kier alpha value is -2.08. The van der Waals surface area contributed by atoms with Crippen molar-refractivity contribution in [2.45, 2.75) is 20.3 Å². The van der Waals surface area contributed by atoms with Crippen LogP contribution in [0.3, 0.4) is 0 Å². The predicted molar refractivity (Wildman–Crippen MR) is 84.1 cm³/mol. The molecule has 0 radical (unpaired) electrons. The minimum atomic E-state index is -0.285. The van der Waals surface area contributed by atoms with Crippen molar-refractivity contribution in [1.82, 2.24) is 15.0 Å². The quantitative estimate of drug-likeness (QED) is 0.790. The lowest BCUT2D eigenvalue weighted by Gasteiger charge is -2.09. The van der Waals surface area contributed by atoms with Gasteiger partial charge in [-0.1, -0.05) is 6.92 Å². The number of aromatic nitrogens is 3. The molecule has 0 fully saturated rings. The van der Waals surface area contributed by atoms with Crippen LogP contribution in [0.25, 0.3) is 21.6 Å². The van der Waals surface area contributed by atoms with Gasteiger partial charge in [0.2, 0.25) is 0 Å². The number of benzene rings is 1. The smallest absolute Gasteiger partial charge is 0.173 e. The monoisotopic (exact) mass is 302 g/mol. The van der Waals surface area contributed by atoms with Crippen LogP contribution in [0.2, 0.25) is 0 Å². The average molecular weight is 302 g/mol. The van der Waals surface area contributed by atoms with Gasteiger partial charge in [0.1, 0.15) is 11.6 Å². The van der Waals surface area contributed by atoms with Crippen LogP contribution in [0.5, 0.6) is 0 Å². The lowest BCUT2D eigenvalue weighted by molar-refractivity contribution is 0.629. The second kappa shape index (κ2) is 5.73. The molecule has 0 aliphatic rings. The number of aryl methyl sites for hydroxylation is 1. The number of anilines is 1. The molecule has 6 heteroatoms. The molecule has 108 valence electrons. The van der Waals surface area contributed by atoms with Gasteiger partial charge in [-0.3, -0.25) is 0 Å². The van der Waals surface area contributed by atoms with Crippen molar-refractivity contribution in [2.24, 2.45) is 0 Å². The maximum Gasteiger partial charge on any atom is 0.173 e. The minimum Gasteiger partial charge on any atom is -0.369 e. The lowest BCUT2D eigenvalue weighted by atomic mass is 10.2. The molecule has 4 nitrogen and oxygen atoms in total. The zero-order valence-corrected chi connectivity index (χ0v) is 12.7. The van der Waals surface area contributed by atoms with Crippen molar-refractivity contribution in [2.75, 3.05) is 11.9 Å². The Bertz CT molecular complexity index is 784. The molecule has 0 bridgehead atoms. The Morgan fingerprint density at radius 1 is 1.29 bits per heavy atom. The standard InChI is InChI=1S/C15H15FN4S/c1-3-6-17-14-11-7-10(16)4-5-12(11)19-15(20-14)13-8-18-9(2)21-13/h4-5,7-8H,3,6H2,1-2H3,(H,17,19,20). The number of hydrogen-bond donors (Lipinski definition) is 1. The number of thiazole rings is 1. The maximum atomic E-state index is 13.5. The number of rotatable bonds is 4. The molecule has 21 heavy (non-hydrogen) atoms. The molecule has 0 unspecified atom stereocenters. The van der Waals surface area contributed by atoms with Crippen molar-refractivity contribution in [1.29, 1.82) is 0 Å². The molecule has 1 N–H and O–H groups in total. The molecule has 0 aliphatic heterocycles. The van der Waals surface area contributed by atoms with Crippen LogP contribution in [-0.2, 0) is 0 Å². The van der Waals surface area contributed by atoms with Crippen LogP contribution in [0.15, 0.2) is 24.4 Å². The van der Waals surface area contributed by atoms with E-state index >= 15 is 0 Å². The van der Waals surface area contributed by atoms with Gasteiger partial charge in [-0.25, -0.2) is 19.3 Å². The molecular formula is C15H15FN4S. The van der Waals surface area contributed by atoms with Crippen molar-refractivity contribution in [3.05, 3.63) is 35.2 Å². The van der Waals surface area contributed by atoms with E-state index in [-0.39, 0.29) is 5.82 Å². The first kappa shape index (κ1) is 13.9. The van der Waals surface area contributed by atoms with Crippen molar-refractivity contribution >= 4 is 28.1 Å². The lowest BCUT2D eigenvalue weighted by Crippen LogP contribution is -2.04. The van der Waals surface area contributed by atoms with Crippen molar-refractivity contribution in [3.63, 3.8) is 0 Å². The summed E-state index contributed by atoms with van der Waals surface area (Å²) in [4.78, 5) is 14.2. The molecule has 0 aliphatic carbocycles. The highest BCUT2D eigenvalue weighted by molar-refractivity contribution is 7.14. The normalized spacial score (nSPS) is 11.0. The zero-order valence-electron chi connectivity index (χ0n) is 11.9. The molecule has 0 saturated carbocycles. The van der Waals surface area contributed by atoms with E-state index in [9.17, 15) is 4.39 Å². The summed E-state index contributed by atoms with van der Waals surface area (Å²) in [5.74, 6) is 1.01. The number of nitrogens with one attached hydrogen (secondary N) is 1. The third kappa shape index (κ3) is 2.85. The van der Waals surface area contributed by atoms with E-state index in [0.717, 1.165) is 28.4 Å². The van der Waals surface area contributed by atoms with E-state index in [1.165, 1.54) is 12.1 Å². The van der Waals surface area contributed by atoms with E-state index < -0.39 is 0 Å². The second-order valence-electron chi connectivity index (χ2n) is 4.73. The molecular weight excluding hydrogens is 287 g/mol. The SMILES string of the molecule is CCCNc1nc(-c2cnc(C)s2)nc2ccc(F)cc12. The van der Waals surface area contributed by atoms with Gasteiger partial charge in [-0.15, -0.1) is 11.3 Å². The Kier molecular flexibility index (Phi) is 3.79. The molecule has 1 aromatic carbocycles. The Morgan fingerprint density at radius 3 is 2.86 bits per heavy atom. The number of hydrogen-bond acceptors (Lipinski definition) is 5. The Morgan fingerprint density at radius 2 is 2.14 bits per heavy atom. The summed E-state index contributed by atoms with van der Waals surface area (Å²) in [6, 6.07) is 4.57. The van der Waals surface area contributed by atoms with Gasteiger partial charge in [0, 0.05) is 18.1 Å². The minimum absolute atomic E-state index is 0.285. The predicted octanol–water partition coefficient (Wildman–Crippen LogP) is 4.02. The second-order valence-corrected chi connectivity index (χ2v) is 5.96. The van der Waals surface area contributed by atoms with Gasteiger partial charge in [0.25, 0.3) is 0 Å². The van der Waals surface area contributed by atoms with Gasteiger partial charge in [-0.2, -0.15) is 0 Å². The molecule has 0 amide bonds. The van der Waals surface area contributed by atoms with Crippen LogP contribution in [-0.4, -0.2) is 21.5 Å². The highest BCUT2D eigenvalue weighted by atomic mass is 32.1. The molecule has 3 rings (SSSR count). The van der Waals surface area contributed by atoms with E-state index in [1.807, 2.05) is 6.92 Å². The van der Waals surface area contributed by atoms with Crippen LogP contribution >= 0.6 is 11.3 Å². The fourth-order valence-electron chi connectivity index (χ4n) is 2.05. The van der Waals surface area contributed by atoms with E-state index in [0.29, 0.717) is 17.0 Å². The van der Waals surface area contributed by atoms with E-state index in [1.54, 1.807) is 23.6 Å². The summed E-state index contributed by atoms with van der Waals surface area (Å²) in [5, 5.41) is 4.92. The first-order valence-corrected chi connectivity index (χ1v) is 7.63. The highest BCUT2D eigenvalue weighted by Gasteiger charge is 2.11. The third-order valence-corrected chi connectivity index (χ3v) is 3.95. The van der Waals surface area contributed by atoms with Gasteiger partial charge >= 0.3 is 0 Å². The first-order chi connectivity index (χ1) is 10.2.